The molecule has 1 aliphatic heterocycles. The minimum atomic E-state index is -0.528. The average Bonchev–Trinajstić information content (AvgIpc) is 3.42. The van der Waals surface area contributed by atoms with E-state index in [0.717, 1.165) is 64.5 Å². The molecule has 0 spiro atoms. The Labute approximate surface area is 223 Å². The maximum Gasteiger partial charge on any atom is 0.410 e. The second-order valence-corrected chi connectivity index (χ2v) is 14.5. The number of likely N-dealkylation sites (tertiary alicyclic amines) is 1. The number of carbonyl (C=O) groups excluding carboxylic acids is 2. The highest BCUT2D eigenvalue weighted by Crippen LogP contribution is 2.67. The molecular weight excluding hydrogens is 466 g/mol. The zero-order valence-electron chi connectivity index (χ0n) is 23.7. The largest absolute Gasteiger partial charge is 0.444 e. The molecule has 5 fully saturated rings. The number of rotatable bonds is 3. The third-order valence-corrected chi connectivity index (χ3v) is 11.4. The van der Waals surface area contributed by atoms with Crippen LogP contribution in [0.2, 0.25) is 0 Å². The number of aliphatic hydroxyl groups excluding tert-OH is 2. The van der Waals surface area contributed by atoms with Crippen LogP contribution in [-0.2, 0) is 9.53 Å². The van der Waals surface area contributed by atoms with Crippen LogP contribution in [0.25, 0.3) is 0 Å². The van der Waals surface area contributed by atoms with Crippen molar-refractivity contribution in [3.8, 4) is 0 Å². The summed E-state index contributed by atoms with van der Waals surface area (Å²) in [4.78, 5) is 27.1. The number of carbonyl (C=O) groups is 2. The third kappa shape index (κ3) is 4.68. The van der Waals surface area contributed by atoms with Gasteiger partial charge in [-0.1, -0.05) is 25.5 Å². The van der Waals surface area contributed by atoms with Gasteiger partial charge in [0.15, 0.2) is 0 Å². The maximum absolute atomic E-state index is 12.8. The zero-order chi connectivity index (χ0) is 26.8. The molecule has 208 valence electrons. The minimum absolute atomic E-state index is 0.0166. The Morgan fingerprint density at radius 2 is 1.86 bits per heavy atom. The molecule has 6 nitrogen and oxygen atoms in total. The lowest BCUT2D eigenvalue weighted by atomic mass is 9.42. The number of aliphatic hydroxyl groups is 2. The molecule has 1 saturated heterocycles. The van der Waals surface area contributed by atoms with Gasteiger partial charge in [0.1, 0.15) is 11.4 Å². The van der Waals surface area contributed by atoms with Crippen molar-refractivity contribution in [1.82, 2.24) is 4.90 Å². The van der Waals surface area contributed by atoms with Crippen LogP contribution in [0.3, 0.4) is 0 Å². The van der Waals surface area contributed by atoms with Gasteiger partial charge in [0.25, 0.3) is 0 Å². The van der Waals surface area contributed by atoms with Gasteiger partial charge < -0.3 is 19.8 Å². The van der Waals surface area contributed by atoms with Gasteiger partial charge in [-0.3, -0.25) is 4.79 Å². The Balaban J connectivity index is 1.27. The van der Waals surface area contributed by atoms with E-state index in [1.807, 2.05) is 25.7 Å². The summed E-state index contributed by atoms with van der Waals surface area (Å²) in [6, 6.07) is 0. The Morgan fingerprint density at radius 3 is 2.57 bits per heavy atom. The Hall–Kier alpha value is -1.40. The summed E-state index contributed by atoms with van der Waals surface area (Å²) in [5.41, 5.74) is 0.810. The van der Waals surface area contributed by atoms with Crippen LogP contribution < -0.4 is 0 Å². The van der Waals surface area contributed by atoms with Gasteiger partial charge in [-0.2, -0.15) is 0 Å². The number of hydrogen-bond acceptors (Lipinski definition) is 5. The van der Waals surface area contributed by atoms with Crippen LogP contribution in [0.15, 0.2) is 11.6 Å². The van der Waals surface area contributed by atoms with Crippen molar-refractivity contribution in [2.45, 2.75) is 104 Å². The molecule has 0 bridgehead atoms. The topological polar surface area (TPSA) is 87.1 Å². The summed E-state index contributed by atoms with van der Waals surface area (Å²) >= 11 is 0. The highest BCUT2D eigenvalue weighted by Gasteiger charge is 2.64. The van der Waals surface area contributed by atoms with Gasteiger partial charge in [0.05, 0.1) is 6.10 Å². The highest BCUT2D eigenvalue weighted by atomic mass is 16.6. The summed E-state index contributed by atoms with van der Waals surface area (Å²) in [5.74, 6) is 1.82. The first-order valence-corrected chi connectivity index (χ1v) is 14.9. The number of ketones is 1. The van der Waals surface area contributed by atoms with Gasteiger partial charge in [0.2, 0.25) is 0 Å². The van der Waals surface area contributed by atoms with Crippen LogP contribution >= 0.6 is 0 Å². The summed E-state index contributed by atoms with van der Waals surface area (Å²) in [6.45, 7) is 11.8. The predicted molar refractivity (Wildman–Crippen MR) is 143 cm³/mol. The highest BCUT2D eigenvalue weighted by molar-refractivity contribution is 5.87. The van der Waals surface area contributed by atoms with Crippen molar-refractivity contribution in [3.63, 3.8) is 0 Å². The van der Waals surface area contributed by atoms with Gasteiger partial charge in [0, 0.05) is 37.5 Å². The fourth-order valence-electron chi connectivity index (χ4n) is 9.34. The normalized spacial score (nSPS) is 44.9. The summed E-state index contributed by atoms with van der Waals surface area (Å²) < 4.78 is 5.56. The molecular formula is C31H49NO5. The molecule has 5 unspecified atom stereocenters. The van der Waals surface area contributed by atoms with Crippen molar-refractivity contribution in [2.24, 2.45) is 46.3 Å². The predicted octanol–water partition coefficient (Wildman–Crippen LogP) is 5.36. The average molecular weight is 516 g/mol. The lowest BCUT2D eigenvalue weighted by Gasteiger charge is -2.63. The molecule has 9 atom stereocenters. The zero-order valence-corrected chi connectivity index (χ0v) is 23.7. The molecule has 0 aromatic carbocycles. The van der Waals surface area contributed by atoms with Crippen molar-refractivity contribution in [1.29, 1.82) is 0 Å². The second-order valence-electron chi connectivity index (χ2n) is 14.5. The van der Waals surface area contributed by atoms with Crippen LogP contribution in [0.4, 0.5) is 4.79 Å². The molecule has 0 aromatic rings. The minimum Gasteiger partial charge on any atom is -0.444 e. The first kappa shape index (κ1) is 27.2. The summed E-state index contributed by atoms with van der Waals surface area (Å²) in [7, 11) is 0. The van der Waals surface area contributed by atoms with Crippen molar-refractivity contribution in [3.05, 3.63) is 11.6 Å². The number of nitrogens with zero attached hydrogens (tertiary/aromatic N) is 1. The van der Waals surface area contributed by atoms with Crippen molar-refractivity contribution >= 4 is 11.9 Å². The molecule has 1 amide bonds. The van der Waals surface area contributed by atoms with E-state index in [-0.39, 0.29) is 47.2 Å². The summed E-state index contributed by atoms with van der Waals surface area (Å²) in [5, 5.41) is 22.2. The quantitative estimate of drug-likeness (QED) is 0.494. The fourth-order valence-corrected chi connectivity index (χ4v) is 9.34. The van der Waals surface area contributed by atoms with Crippen molar-refractivity contribution in [2.75, 3.05) is 19.7 Å². The Bertz CT molecular complexity index is 938. The molecule has 37 heavy (non-hydrogen) atoms. The van der Waals surface area contributed by atoms with Crippen LogP contribution in [-0.4, -0.2) is 58.4 Å². The molecule has 4 aliphatic carbocycles. The number of amides is 1. The molecule has 5 aliphatic rings. The smallest absolute Gasteiger partial charge is 0.410 e. The van der Waals surface area contributed by atoms with Crippen LogP contribution in [0.5, 0.6) is 0 Å². The standard InChI is InChI=1S/C31H49NO5/c1-29(2,3)37-28(36)32-15-12-20(17-32)7-6-19-10-13-30(4)23-11-14-31(5)22(8-9-25(31)34)26(23)27(35)21(18-33)24(30)16-19/h6,20-24,26-27,33,35H,7-18H2,1-5H3/b19-6+/t20?,21-,22?,23?,24?,26?,27-,30-,31+/m1/s1. The molecule has 6 heteroatoms. The van der Waals surface area contributed by atoms with Gasteiger partial charge in [-0.25, -0.2) is 4.79 Å². The van der Waals surface area contributed by atoms with Crippen molar-refractivity contribution < 1.29 is 24.5 Å². The molecule has 4 saturated carbocycles. The van der Waals surface area contributed by atoms with E-state index >= 15 is 0 Å². The van der Waals surface area contributed by atoms with E-state index in [0.29, 0.717) is 24.0 Å². The summed E-state index contributed by atoms with van der Waals surface area (Å²) in [6.07, 6.45) is 10.3. The molecule has 2 N–H and O–H groups in total. The van der Waals surface area contributed by atoms with E-state index in [1.54, 1.807) is 0 Å². The number of fused-ring (bicyclic) bond motifs is 5. The monoisotopic (exact) mass is 515 g/mol. The Morgan fingerprint density at radius 1 is 1.11 bits per heavy atom. The molecule has 0 aromatic heterocycles. The first-order chi connectivity index (χ1) is 17.4. The molecule has 0 radical (unpaired) electrons. The number of Topliss-reactive ketones (excluding diaryl/α,β-unsaturated/α-hetero) is 1. The first-order valence-electron chi connectivity index (χ1n) is 14.9. The number of hydrogen-bond donors (Lipinski definition) is 2. The van der Waals surface area contributed by atoms with Gasteiger partial charge in [-0.15, -0.1) is 0 Å². The van der Waals surface area contributed by atoms with E-state index in [2.05, 4.69) is 19.9 Å². The van der Waals surface area contributed by atoms with Gasteiger partial charge >= 0.3 is 6.09 Å². The number of allylic oxidation sites excluding steroid dienone is 2. The number of ether oxygens (including phenoxy) is 1. The molecule has 5 rings (SSSR count). The van der Waals surface area contributed by atoms with Crippen LogP contribution in [0.1, 0.15) is 92.4 Å². The third-order valence-electron chi connectivity index (χ3n) is 11.4. The lowest BCUT2D eigenvalue weighted by Crippen LogP contribution is -2.62. The molecule has 1 heterocycles. The van der Waals surface area contributed by atoms with E-state index in [4.69, 9.17) is 4.74 Å². The van der Waals surface area contributed by atoms with E-state index < -0.39 is 11.7 Å². The maximum atomic E-state index is 12.8. The SMILES string of the molecule is CC(C)(C)OC(=O)N1CCC(C/C=C2\CC[C@]3(C)C4CC[C@]5(C)C(=O)CCC5C4[C@H](O)[C@H](CO)C3C2)C1. The lowest BCUT2D eigenvalue weighted by molar-refractivity contribution is -0.191. The van der Waals surface area contributed by atoms with Gasteiger partial charge in [-0.05, 0) is 107 Å². The second kappa shape index (κ2) is 9.66. The van der Waals surface area contributed by atoms with Crippen LogP contribution in [0, 0.1) is 46.3 Å². The fraction of sp³-hybridized carbons (Fsp3) is 0.871. The Kier molecular flexibility index (Phi) is 7.09. The van der Waals surface area contributed by atoms with E-state index in [9.17, 15) is 19.8 Å². The van der Waals surface area contributed by atoms with E-state index in [1.165, 1.54) is 5.57 Å².